The van der Waals surface area contributed by atoms with Crippen LogP contribution in [-0.4, -0.2) is 46.7 Å². The molecule has 0 aromatic heterocycles. The molecule has 6 rings (SSSR count). The number of amides is 3. The normalized spacial score (nSPS) is 29.8. The van der Waals surface area contributed by atoms with Gasteiger partial charge in [0.05, 0.1) is 22.4 Å². The molecule has 1 spiro atoms. The van der Waals surface area contributed by atoms with E-state index in [-0.39, 0.29) is 29.2 Å². The third-order valence-corrected chi connectivity index (χ3v) is 8.11. The molecule has 2 aromatic rings. The first-order chi connectivity index (χ1) is 16.3. The maximum atomic E-state index is 14.1. The number of fused-ring (bicyclic) bond motifs is 7. The fourth-order valence-corrected chi connectivity index (χ4v) is 6.84. The monoisotopic (exact) mass is 460 g/mol. The first kappa shape index (κ1) is 21.0. The Labute approximate surface area is 196 Å². The van der Waals surface area contributed by atoms with Crippen molar-refractivity contribution in [2.24, 2.45) is 11.8 Å². The number of carbonyl (C=O) groups is 3. The molecule has 3 fully saturated rings. The number of aryl methyl sites for hydroxylation is 1. The lowest BCUT2D eigenvalue weighted by molar-refractivity contribution is -0.385. The van der Waals surface area contributed by atoms with Gasteiger partial charge in [-0.3, -0.25) is 29.4 Å². The molecule has 0 aliphatic carbocycles. The van der Waals surface area contributed by atoms with Crippen LogP contribution in [0, 0.1) is 28.9 Å². The molecule has 0 bridgehead atoms. The van der Waals surface area contributed by atoms with Crippen molar-refractivity contribution in [1.29, 1.82) is 0 Å². The summed E-state index contributed by atoms with van der Waals surface area (Å²) in [6.07, 6.45) is 1.57. The minimum absolute atomic E-state index is 0.146. The molecule has 34 heavy (non-hydrogen) atoms. The van der Waals surface area contributed by atoms with Crippen molar-refractivity contribution >= 4 is 34.8 Å². The number of benzene rings is 2. The van der Waals surface area contributed by atoms with Gasteiger partial charge in [0.25, 0.3) is 11.6 Å². The first-order valence-corrected chi connectivity index (χ1v) is 11.6. The number of carbonyl (C=O) groups excluding carboxylic acids is 3. The Hall–Kier alpha value is -3.59. The van der Waals surface area contributed by atoms with E-state index in [4.69, 9.17) is 0 Å². The Balaban J connectivity index is 1.54. The Bertz CT molecular complexity index is 1290. The Kier molecular flexibility index (Phi) is 4.29. The zero-order chi connectivity index (χ0) is 23.9. The topological polar surface area (TPSA) is 104 Å². The van der Waals surface area contributed by atoms with Gasteiger partial charge in [-0.25, -0.2) is 4.90 Å². The van der Waals surface area contributed by atoms with Crippen molar-refractivity contribution in [2.75, 3.05) is 22.9 Å². The fourth-order valence-electron chi connectivity index (χ4n) is 6.84. The number of likely N-dealkylation sites (N-methyl/N-ethyl adjacent to an activating group) is 1. The number of nitro benzene ring substituents is 1. The van der Waals surface area contributed by atoms with Gasteiger partial charge in [-0.05, 0) is 45.4 Å². The van der Waals surface area contributed by atoms with Gasteiger partial charge >= 0.3 is 0 Å². The van der Waals surface area contributed by atoms with E-state index in [1.54, 1.807) is 24.0 Å². The third kappa shape index (κ3) is 2.30. The summed E-state index contributed by atoms with van der Waals surface area (Å²) in [5.74, 6) is -2.51. The van der Waals surface area contributed by atoms with E-state index in [1.807, 2.05) is 31.2 Å². The summed E-state index contributed by atoms with van der Waals surface area (Å²) in [6, 6.07) is 11.7. The highest BCUT2D eigenvalue weighted by atomic mass is 16.6. The summed E-state index contributed by atoms with van der Waals surface area (Å²) in [7, 11) is 0. The molecule has 0 radical (unpaired) electrons. The second kappa shape index (κ2) is 6.96. The van der Waals surface area contributed by atoms with E-state index < -0.39 is 28.2 Å². The minimum atomic E-state index is -1.23. The van der Waals surface area contributed by atoms with Crippen molar-refractivity contribution in [1.82, 2.24) is 4.90 Å². The number of nitrogens with zero attached hydrogens (tertiary/aromatic N) is 4. The van der Waals surface area contributed by atoms with Crippen molar-refractivity contribution in [3.8, 4) is 0 Å². The minimum Gasteiger partial charge on any atom is -0.310 e. The van der Waals surface area contributed by atoms with Gasteiger partial charge in [-0.1, -0.05) is 24.3 Å². The van der Waals surface area contributed by atoms with Gasteiger partial charge in [-0.15, -0.1) is 0 Å². The highest BCUT2D eigenvalue weighted by Crippen LogP contribution is 2.61. The molecule has 9 heteroatoms. The molecule has 9 nitrogen and oxygen atoms in total. The second-order valence-corrected chi connectivity index (χ2v) is 9.48. The van der Waals surface area contributed by atoms with Crippen LogP contribution in [0.15, 0.2) is 42.5 Å². The van der Waals surface area contributed by atoms with Gasteiger partial charge in [-0.2, -0.15) is 0 Å². The number of nitro groups is 1. The first-order valence-electron chi connectivity index (χ1n) is 11.6. The van der Waals surface area contributed by atoms with Crippen molar-refractivity contribution < 1.29 is 19.3 Å². The van der Waals surface area contributed by atoms with Gasteiger partial charge in [0.1, 0.15) is 5.54 Å². The predicted octanol–water partition coefficient (Wildman–Crippen LogP) is 2.75. The summed E-state index contributed by atoms with van der Waals surface area (Å²) >= 11 is 0. The maximum Gasteiger partial charge on any atom is 0.274 e. The average Bonchev–Trinajstić information content (AvgIpc) is 3.52. The van der Waals surface area contributed by atoms with E-state index in [9.17, 15) is 24.5 Å². The van der Waals surface area contributed by atoms with E-state index in [0.717, 1.165) is 29.0 Å². The third-order valence-electron chi connectivity index (χ3n) is 8.11. The number of anilines is 2. The lowest BCUT2D eigenvalue weighted by Crippen LogP contribution is -2.56. The van der Waals surface area contributed by atoms with Crippen LogP contribution in [0.3, 0.4) is 0 Å². The molecule has 4 atom stereocenters. The molecular weight excluding hydrogens is 436 g/mol. The smallest absolute Gasteiger partial charge is 0.274 e. The zero-order valence-electron chi connectivity index (χ0n) is 18.9. The van der Waals surface area contributed by atoms with Crippen molar-refractivity contribution in [2.45, 2.75) is 38.3 Å². The number of hydrogen-bond donors (Lipinski definition) is 0. The highest BCUT2D eigenvalue weighted by molar-refractivity contribution is 6.26. The fraction of sp³-hybridized carbons (Fsp3) is 0.400. The van der Waals surface area contributed by atoms with E-state index in [1.165, 1.54) is 6.07 Å². The molecule has 0 unspecified atom stereocenters. The SMILES string of the molecule is CCN1C(=O)[C@]2(c3ccccc31)[C@@H]1C(=O)N(c3ccc(C)c([N+](=O)[O-])c3)C(=O)[C@@H]1[C@H]1CCCN12. The summed E-state index contributed by atoms with van der Waals surface area (Å²) in [5, 5.41) is 11.5. The van der Waals surface area contributed by atoms with Gasteiger partial charge in [0.2, 0.25) is 11.8 Å². The van der Waals surface area contributed by atoms with Crippen LogP contribution in [0.25, 0.3) is 0 Å². The van der Waals surface area contributed by atoms with E-state index >= 15 is 0 Å². The predicted molar refractivity (Wildman–Crippen MR) is 123 cm³/mol. The highest BCUT2D eigenvalue weighted by Gasteiger charge is 2.75. The molecule has 4 aliphatic heterocycles. The van der Waals surface area contributed by atoms with Crippen LogP contribution >= 0.6 is 0 Å². The standard InChI is InChI=1S/C25H24N4O5/c1-3-26-17-8-5-4-7-16(17)25(24(26)32)21-20(18-9-6-12-27(18)25)22(30)28(23(21)31)15-11-10-14(2)19(13-15)29(33)34/h4-5,7-8,10-11,13,18,20-21H,3,6,9,12H2,1-2H3/t18-,20-,21+,25+/m1/s1. The summed E-state index contributed by atoms with van der Waals surface area (Å²) in [6.45, 7) is 4.62. The maximum absolute atomic E-state index is 14.1. The molecule has 0 saturated carbocycles. The quantitative estimate of drug-likeness (QED) is 0.396. The van der Waals surface area contributed by atoms with Crippen LogP contribution in [0.1, 0.15) is 30.9 Å². The van der Waals surface area contributed by atoms with Crippen LogP contribution in [0.4, 0.5) is 17.1 Å². The van der Waals surface area contributed by atoms with Gasteiger partial charge in [0, 0.05) is 35.5 Å². The number of rotatable bonds is 3. The Morgan fingerprint density at radius 2 is 1.88 bits per heavy atom. The van der Waals surface area contributed by atoms with E-state index in [2.05, 4.69) is 4.90 Å². The Morgan fingerprint density at radius 1 is 1.12 bits per heavy atom. The summed E-state index contributed by atoms with van der Waals surface area (Å²) < 4.78 is 0. The average molecular weight is 460 g/mol. The Morgan fingerprint density at radius 3 is 2.62 bits per heavy atom. The van der Waals surface area contributed by atoms with Crippen LogP contribution in [-0.2, 0) is 19.9 Å². The molecule has 3 amide bonds. The van der Waals surface area contributed by atoms with Gasteiger partial charge < -0.3 is 4.90 Å². The van der Waals surface area contributed by atoms with Crippen LogP contribution in [0.5, 0.6) is 0 Å². The molecule has 2 aromatic carbocycles. The van der Waals surface area contributed by atoms with Crippen molar-refractivity contribution in [3.05, 3.63) is 63.7 Å². The summed E-state index contributed by atoms with van der Waals surface area (Å²) in [4.78, 5) is 57.8. The lowest BCUT2D eigenvalue weighted by atomic mass is 9.75. The number of imide groups is 1. The summed E-state index contributed by atoms with van der Waals surface area (Å²) in [5.41, 5.74) is 0.825. The number of para-hydroxylation sites is 1. The zero-order valence-corrected chi connectivity index (χ0v) is 18.9. The van der Waals surface area contributed by atoms with Crippen LogP contribution < -0.4 is 9.80 Å². The van der Waals surface area contributed by atoms with Gasteiger partial charge in [0.15, 0.2) is 0 Å². The number of hydrogen-bond acceptors (Lipinski definition) is 6. The molecule has 174 valence electrons. The molecular formula is C25H24N4O5. The molecule has 4 aliphatic rings. The molecule has 4 heterocycles. The second-order valence-electron chi connectivity index (χ2n) is 9.48. The van der Waals surface area contributed by atoms with Crippen LogP contribution in [0.2, 0.25) is 0 Å². The molecule has 0 N–H and O–H groups in total. The molecule has 3 saturated heterocycles. The van der Waals surface area contributed by atoms with E-state index in [0.29, 0.717) is 18.7 Å². The lowest BCUT2D eigenvalue weighted by Gasteiger charge is -2.37. The van der Waals surface area contributed by atoms with Crippen molar-refractivity contribution in [3.63, 3.8) is 0 Å². The largest absolute Gasteiger partial charge is 0.310 e.